The first kappa shape index (κ1) is 17.7. The summed E-state index contributed by atoms with van der Waals surface area (Å²) in [7, 11) is -3.14. The molecular formula is C18H22N2O4S. The second kappa shape index (κ2) is 7.00. The Balaban J connectivity index is 1.47. The number of hydrogen-bond donors (Lipinski definition) is 1. The summed E-state index contributed by atoms with van der Waals surface area (Å²) in [6.45, 7) is 0.368. The highest BCUT2D eigenvalue weighted by molar-refractivity contribution is 7.91. The predicted molar refractivity (Wildman–Crippen MR) is 94.9 cm³/mol. The molecule has 1 saturated heterocycles. The molecule has 7 heteroatoms. The van der Waals surface area contributed by atoms with Crippen LogP contribution in [0.1, 0.15) is 24.8 Å². The minimum Gasteiger partial charge on any atom is -0.311 e. The molecule has 1 aromatic carbocycles. The SMILES string of the molecule is O=C1CN(C/C=C/CCS(=O)(=O)CC2(c3ccccc3)CC2)C(=O)N1. The van der Waals surface area contributed by atoms with Gasteiger partial charge in [-0.05, 0) is 24.8 Å². The summed E-state index contributed by atoms with van der Waals surface area (Å²) >= 11 is 0. The summed E-state index contributed by atoms with van der Waals surface area (Å²) < 4.78 is 24.8. The van der Waals surface area contributed by atoms with Gasteiger partial charge in [-0.1, -0.05) is 42.5 Å². The molecule has 1 saturated carbocycles. The van der Waals surface area contributed by atoms with Crippen LogP contribution >= 0.6 is 0 Å². The van der Waals surface area contributed by atoms with Crippen LogP contribution in [0, 0.1) is 0 Å². The zero-order valence-corrected chi connectivity index (χ0v) is 14.8. The molecule has 134 valence electrons. The molecule has 2 fully saturated rings. The molecule has 1 N–H and O–H groups in total. The largest absolute Gasteiger partial charge is 0.324 e. The average molecular weight is 362 g/mol. The van der Waals surface area contributed by atoms with Crippen molar-refractivity contribution in [2.45, 2.75) is 24.7 Å². The zero-order chi connectivity index (χ0) is 17.9. The minimum absolute atomic E-state index is 0.0566. The number of carbonyl (C=O) groups excluding carboxylic acids is 2. The molecule has 3 rings (SSSR count). The third kappa shape index (κ3) is 4.48. The summed E-state index contributed by atoms with van der Waals surface area (Å²) in [5.41, 5.74) is 0.913. The number of allylic oxidation sites excluding steroid dienone is 1. The number of imide groups is 1. The molecule has 0 unspecified atom stereocenters. The van der Waals surface area contributed by atoms with Gasteiger partial charge in [-0.15, -0.1) is 0 Å². The van der Waals surface area contributed by atoms with Crippen LogP contribution in [0.5, 0.6) is 0 Å². The van der Waals surface area contributed by atoms with Gasteiger partial charge in [-0.3, -0.25) is 10.1 Å². The maximum Gasteiger partial charge on any atom is 0.324 e. The van der Waals surface area contributed by atoms with E-state index in [4.69, 9.17) is 0 Å². The summed E-state index contributed by atoms with van der Waals surface area (Å²) in [4.78, 5) is 23.8. The lowest BCUT2D eigenvalue weighted by molar-refractivity contribution is -0.118. The van der Waals surface area contributed by atoms with E-state index in [2.05, 4.69) is 5.32 Å². The van der Waals surface area contributed by atoms with Gasteiger partial charge in [0.1, 0.15) is 6.54 Å². The monoisotopic (exact) mass is 362 g/mol. The van der Waals surface area contributed by atoms with Gasteiger partial charge in [0.05, 0.1) is 11.5 Å². The van der Waals surface area contributed by atoms with Gasteiger partial charge in [0, 0.05) is 12.0 Å². The highest BCUT2D eigenvalue weighted by Gasteiger charge is 2.47. The number of sulfone groups is 1. The quantitative estimate of drug-likeness (QED) is 0.563. The second-order valence-electron chi connectivity index (χ2n) is 6.73. The Morgan fingerprint density at radius 3 is 2.44 bits per heavy atom. The molecule has 1 aliphatic carbocycles. The first-order chi connectivity index (χ1) is 11.9. The summed E-state index contributed by atoms with van der Waals surface area (Å²) in [6, 6.07) is 9.44. The van der Waals surface area contributed by atoms with Crippen molar-refractivity contribution in [1.29, 1.82) is 0 Å². The molecule has 25 heavy (non-hydrogen) atoms. The Hall–Kier alpha value is -2.15. The number of nitrogens with one attached hydrogen (secondary N) is 1. The Bertz CT molecular complexity index is 783. The van der Waals surface area contributed by atoms with Gasteiger partial charge < -0.3 is 4.90 Å². The fourth-order valence-corrected chi connectivity index (χ4v) is 5.09. The van der Waals surface area contributed by atoms with E-state index in [1.54, 1.807) is 12.2 Å². The van der Waals surface area contributed by atoms with Crippen molar-refractivity contribution >= 4 is 21.8 Å². The van der Waals surface area contributed by atoms with E-state index in [-0.39, 0.29) is 29.4 Å². The minimum atomic E-state index is -3.14. The van der Waals surface area contributed by atoms with Crippen LogP contribution in [0.25, 0.3) is 0 Å². The number of benzene rings is 1. The molecule has 3 amide bonds. The highest BCUT2D eigenvalue weighted by Crippen LogP contribution is 2.49. The molecule has 6 nitrogen and oxygen atoms in total. The van der Waals surface area contributed by atoms with Crippen LogP contribution in [0.2, 0.25) is 0 Å². The van der Waals surface area contributed by atoms with Crippen LogP contribution in [0.3, 0.4) is 0 Å². The van der Waals surface area contributed by atoms with E-state index in [0.717, 1.165) is 18.4 Å². The Morgan fingerprint density at radius 1 is 1.12 bits per heavy atom. The molecule has 1 aromatic rings. The van der Waals surface area contributed by atoms with E-state index in [1.165, 1.54) is 4.90 Å². The van der Waals surface area contributed by atoms with Gasteiger partial charge >= 0.3 is 6.03 Å². The van der Waals surface area contributed by atoms with E-state index in [9.17, 15) is 18.0 Å². The highest BCUT2D eigenvalue weighted by atomic mass is 32.2. The molecule has 0 radical (unpaired) electrons. The van der Waals surface area contributed by atoms with Crippen molar-refractivity contribution in [3.8, 4) is 0 Å². The molecule has 1 heterocycles. The van der Waals surface area contributed by atoms with Crippen LogP contribution in [-0.2, 0) is 20.0 Å². The first-order valence-electron chi connectivity index (χ1n) is 8.40. The van der Waals surface area contributed by atoms with E-state index >= 15 is 0 Å². The number of hydrogen-bond acceptors (Lipinski definition) is 4. The maximum absolute atomic E-state index is 12.4. The molecular weight excluding hydrogens is 340 g/mol. The molecule has 0 bridgehead atoms. The summed E-state index contributed by atoms with van der Waals surface area (Å²) in [6.07, 6.45) is 5.75. The van der Waals surface area contributed by atoms with Gasteiger partial charge in [-0.25, -0.2) is 13.2 Å². The number of amides is 3. The lowest BCUT2D eigenvalue weighted by atomic mass is 9.99. The number of carbonyl (C=O) groups is 2. The van der Waals surface area contributed by atoms with Crippen molar-refractivity contribution in [3.05, 3.63) is 48.0 Å². The van der Waals surface area contributed by atoms with Gasteiger partial charge in [0.2, 0.25) is 5.91 Å². The number of nitrogens with zero attached hydrogens (tertiary/aromatic N) is 1. The van der Waals surface area contributed by atoms with Crippen LogP contribution in [-0.4, -0.2) is 49.9 Å². The van der Waals surface area contributed by atoms with Gasteiger partial charge in [-0.2, -0.15) is 0 Å². The third-order valence-corrected chi connectivity index (χ3v) is 6.54. The molecule has 0 aromatic heterocycles. The third-order valence-electron chi connectivity index (χ3n) is 4.69. The lowest BCUT2D eigenvalue weighted by Gasteiger charge is -2.15. The van der Waals surface area contributed by atoms with Crippen LogP contribution in [0.15, 0.2) is 42.5 Å². The van der Waals surface area contributed by atoms with E-state index < -0.39 is 15.9 Å². The molecule has 0 spiro atoms. The Kier molecular flexibility index (Phi) is 4.94. The summed E-state index contributed by atoms with van der Waals surface area (Å²) in [5, 5.41) is 2.20. The maximum atomic E-state index is 12.4. The predicted octanol–water partition coefficient (Wildman–Crippen LogP) is 1.63. The zero-order valence-electron chi connectivity index (χ0n) is 14.0. The smallest absolute Gasteiger partial charge is 0.311 e. The number of rotatable bonds is 8. The molecule has 1 aliphatic heterocycles. The first-order valence-corrected chi connectivity index (χ1v) is 10.2. The van der Waals surface area contributed by atoms with Crippen molar-refractivity contribution in [3.63, 3.8) is 0 Å². The average Bonchev–Trinajstić information content (AvgIpc) is 3.26. The Labute approximate surface area is 147 Å². The van der Waals surface area contributed by atoms with Crippen molar-refractivity contribution in [1.82, 2.24) is 10.2 Å². The molecule has 2 aliphatic rings. The van der Waals surface area contributed by atoms with E-state index in [1.807, 2.05) is 30.3 Å². The van der Waals surface area contributed by atoms with E-state index in [0.29, 0.717) is 13.0 Å². The van der Waals surface area contributed by atoms with Gasteiger partial charge in [0.25, 0.3) is 0 Å². The van der Waals surface area contributed by atoms with Gasteiger partial charge in [0.15, 0.2) is 9.84 Å². The Morgan fingerprint density at radius 2 is 1.84 bits per heavy atom. The number of urea groups is 1. The van der Waals surface area contributed by atoms with Crippen LogP contribution < -0.4 is 5.32 Å². The fourth-order valence-electron chi connectivity index (χ4n) is 3.15. The summed E-state index contributed by atoms with van der Waals surface area (Å²) in [5.74, 6) is -0.0130. The topological polar surface area (TPSA) is 83.6 Å². The van der Waals surface area contributed by atoms with Crippen molar-refractivity contribution in [2.24, 2.45) is 0 Å². The molecule has 0 atom stereocenters. The van der Waals surface area contributed by atoms with Crippen molar-refractivity contribution in [2.75, 3.05) is 24.6 Å². The fraction of sp³-hybridized carbons (Fsp3) is 0.444. The second-order valence-corrected chi connectivity index (χ2v) is 8.92. The standard InChI is InChI=1S/C18H22N2O4S/c21-16-13-20(17(22)19-16)11-5-2-6-12-25(23,24)14-18(9-10-18)15-7-3-1-4-8-15/h1-5,7-8H,6,9-14H2,(H,19,21,22)/b5-2+. The van der Waals surface area contributed by atoms with Crippen molar-refractivity contribution < 1.29 is 18.0 Å². The lowest BCUT2D eigenvalue weighted by Crippen LogP contribution is -2.28. The normalized spacial score (nSPS) is 19.4. The van der Waals surface area contributed by atoms with Crippen LogP contribution in [0.4, 0.5) is 4.79 Å².